The summed E-state index contributed by atoms with van der Waals surface area (Å²) in [5, 5.41) is 6.82. The van der Waals surface area contributed by atoms with Gasteiger partial charge in [0.2, 0.25) is 0 Å². The molecule has 0 amide bonds. The lowest BCUT2D eigenvalue weighted by Crippen LogP contribution is -2.49. The van der Waals surface area contributed by atoms with Gasteiger partial charge in [0, 0.05) is 38.5 Å². The predicted octanol–water partition coefficient (Wildman–Crippen LogP) is 1.83. The first kappa shape index (κ1) is 23.5. The third-order valence-electron chi connectivity index (χ3n) is 4.88. The Kier molecular flexibility index (Phi) is 9.23. The van der Waals surface area contributed by atoms with Crippen molar-refractivity contribution in [1.82, 2.24) is 15.5 Å². The van der Waals surface area contributed by atoms with Crippen LogP contribution < -0.4 is 15.4 Å². The number of rotatable bonds is 9. The number of benzene rings is 1. The standard InChI is InChI=1S/C21H36N4O3S/c1-5-22-21(23-16-18(3)28-20-8-6-7-17(2)15-20)24-19-9-11-25(12-10-19)13-14-29(4,26)27/h6-8,15,18-19H,5,9-14,16H2,1-4H3,(H2,22,23,24). The average molecular weight is 425 g/mol. The molecule has 0 saturated carbocycles. The number of nitrogens with zero attached hydrogens (tertiary/aromatic N) is 2. The highest BCUT2D eigenvalue weighted by Gasteiger charge is 2.20. The van der Waals surface area contributed by atoms with Gasteiger partial charge in [-0.05, 0) is 51.3 Å². The zero-order valence-electron chi connectivity index (χ0n) is 18.1. The lowest BCUT2D eigenvalue weighted by Gasteiger charge is -2.33. The van der Waals surface area contributed by atoms with Crippen LogP contribution in [0.1, 0.15) is 32.3 Å². The summed E-state index contributed by atoms with van der Waals surface area (Å²) in [6.07, 6.45) is 3.22. The van der Waals surface area contributed by atoms with Crippen molar-refractivity contribution >= 4 is 15.8 Å². The number of likely N-dealkylation sites (tertiary alicyclic amines) is 1. The van der Waals surface area contributed by atoms with Gasteiger partial charge in [0.15, 0.2) is 5.96 Å². The molecular formula is C21H36N4O3S. The summed E-state index contributed by atoms with van der Waals surface area (Å²) in [7, 11) is -2.90. The lowest BCUT2D eigenvalue weighted by atomic mass is 10.1. The van der Waals surface area contributed by atoms with Gasteiger partial charge in [-0.25, -0.2) is 13.4 Å². The highest BCUT2D eigenvalue weighted by Crippen LogP contribution is 2.14. The second-order valence-corrected chi connectivity index (χ2v) is 10.1. The minimum atomic E-state index is -2.90. The van der Waals surface area contributed by atoms with Crippen LogP contribution in [-0.2, 0) is 9.84 Å². The van der Waals surface area contributed by atoms with Crippen molar-refractivity contribution in [2.75, 3.05) is 44.7 Å². The Labute approximate surface area is 175 Å². The Hall–Kier alpha value is -1.80. The van der Waals surface area contributed by atoms with E-state index in [1.54, 1.807) is 0 Å². The van der Waals surface area contributed by atoms with Gasteiger partial charge in [-0.15, -0.1) is 0 Å². The maximum absolute atomic E-state index is 11.3. The van der Waals surface area contributed by atoms with Crippen LogP contribution in [0.3, 0.4) is 0 Å². The maximum atomic E-state index is 11.3. The average Bonchev–Trinajstić information content (AvgIpc) is 2.65. The number of guanidine groups is 1. The van der Waals surface area contributed by atoms with E-state index < -0.39 is 9.84 Å². The van der Waals surface area contributed by atoms with Gasteiger partial charge in [0.1, 0.15) is 21.7 Å². The number of piperidine rings is 1. The molecule has 29 heavy (non-hydrogen) atoms. The number of ether oxygens (including phenoxy) is 1. The molecule has 7 nitrogen and oxygen atoms in total. The molecule has 1 atom stereocenters. The van der Waals surface area contributed by atoms with Crippen LogP contribution in [0.2, 0.25) is 0 Å². The molecule has 1 fully saturated rings. The van der Waals surface area contributed by atoms with Gasteiger partial charge < -0.3 is 20.3 Å². The third-order valence-corrected chi connectivity index (χ3v) is 5.81. The first-order chi connectivity index (χ1) is 13.7. The highest BCUT2D eigenvalue weighted by molar-refractivity contribution is 7.90. The molecular weight excluding hydrogens is 388 g/mol. The number of hydrogen-bond acceptors (Lipinski definition) is 5. The summed E-state index contributed by atoms with van der Waals surface area (Å²) in [6, 6.07) is 8.38. The van der Waals surface area contributed by atoms with Crippen LogP contribution in [0.5, 0.6) is 5.75 Å². The van der Waals surface area contributed by atoms with Crippen LogP contribution in [0.25, 0.3) is 0 Å². The Bertz CT molecular complexity index is 759. The lowest BCUT2D eigenvalue weighted by molar-refractivity contribution is 0.215. The molecule has 8 heteroatoms. The van der Waals surface area contributed by atoms with Crippen molar-refractivity contribution in [1.29, 1.82) is 0 Å². The van der Waals surface area contributed by atoms with Crippen LogP contribution >= 0.6 is 0 Å². The molecule has 0 aliphatic carbocycles. The van der Waals surface area contributed by atoms with Crippen molar-refractivity contribution in [2.45, 2.75) is 45.8 Å². The van der Waals surface area contributed by atoms with Crippen molar-refractivity contribution in [3.05, 3.63) is 29.8 Å². The molecule has 1 saturated heterocycles. The summed E-state index contributed by atoms with van der Waals surface area (Å²) in [6.45, 7) is 9.91. The molecule has 1 aromatic carbocycles. The van der Waals surface area contributed by atoms with Crippen LogP contribution in [-0.4, -0.2) is 76.2 Å². The van der Waals surface area contributed by atoms with Crippen molar-refractivity contribution < 1.29 is 13.2 Å². The molecule has 1 unspecified atom stereocenters. The third kappa shape index (κ3) is 9.49. The van der Waals surface area contributed by atoms with Crippen LogP contribution in [0.15, 0.2) is 29.3 Å². The fourth-order valence-electron chi connectivity index (χ4n) is 3.29. The van der Waals surface area contributed by atoms with Crippen molar-refractivity contribution in [2.24, 2.45) is 4.99 Å². The fraction of sp³-hybridized carbons (Fsp3) is 0.667. The van der Waals surface area contributed by atoms with E-state index in [2.05, 4.69) is 35.4 Å². The van der Waals surface area contributed by atoms with Crippen LogP contribution in [0.4, 0.5) is 0 Å². The van der Waals surface area contributed by atoms with Crippen LogP contribution in [0, 0.1) is 6.92 Å². The molecule has 1 heterocycles. The second kappa shape index (κ2) is 11.4. The van der Waals surface area contributed by atoms with Gasteiger partial charge in [0.05, 0.1) is 12.3 Å². The van der Waals surface area contributed by atoms with E-state index >= 15 is 0 Å². The number of hydrogen-bond donors (Lipinski definition) is 2. The SMILES string of the molecule is CCNC(=NCC(C)Oc1cccc(C)c1)NC1CCN(CCS(C)(=O)=O)CC1. The first-order valence-corrected chi connectivity index (χ1v) is 12.5. The Balaban J connectivity index is 1.80. The summed E-state index contributed by atoms with van der Waals surface area (Å²) < 4.78 is 28.6. The Morgan fingerprint density at radius 2 is 2.07 bits per heavy atom. The number of aliphatic imine (C=N–C) groups is 1. The van der Waals surface area contributed by atoms with E-state index in [-0.39, 0.29) is 11.9 Å². The van der Waals surface area contributed by atoms with Gasteiger partial charge >= 0.3 is 0 Å². The first-order valence-electron chi connectivity index (χ1n) is 10.4. The molecule has 0 spiro atoms. The minimum Gasteiger partial charge on any atom is -0.489 e. The van der Waals surface area contributed by atoms with E-state index in [1.807, 2.05) is 25.1 Å². The summed E-state index contributed by atoms with van der Waals surface area (Å²) in [5.74, 6) is 1.91. The summed E-state index contributed by atoms with van der Waals surface area (Å²) in [4.78, 5) is 6.91. The van der Waals surface area contributed by atoms with Gasteiger partial charge in [-0.2, -0.15) is 0 Å². The van der Waals surface area contributed by atoms with E-state index in [0.717, 1.165) is 44.2 Å². The largest absolute Gasteiger partial charge is 0.489 e. The predicted molar refractivity (Wildman–Crippen MR) is 120 cm³/mol. The second-order valence-electron chi connectivity index (χ2n) is 7.85. The molecule has 1 aromatic rings. The molecule has 0 aromatic heterocycles. The minimum absolute atomic E-state index is 0.0231. The van der Waals surface area contributed by atoms with Gasteiger partial charge in [-0.1, -0.05) is 12.1 Å². The molecule has 1 aliphatic heterocycles. The van der Waals surface area contributed by atoms with Gasteiger partial charge in [0.25, 0.3) is 0 Å². The molecule has 0 bridgehead atoms. The highest BCUT2D eigenvalue weighted by atomic mass is 32.2. The topological polar surface area (TPSA) is 83.0 Å². The summed E-state index contributed by atoms with van der Waals surface area (Å²) >= 11 is 0. The van der Waals surface area contributed by atoms with E-state index in [9.17, 15) is 8.42 Å². The van der Waals surface area contributed by atoms with E-state index in [1.165, 1.54) is 11.8 Å². The number of sulfone groups is 1. The van der Waals surface area contributed by atoms with Crippen molar-refractivity contribution in [3.63, 3.8) is 0 Å². The maximum Gasteiger partial charge on any atom is 0.191 e. The summed E-state index contributed by atoms with van der Waals surface area (Å²) in [5.41, 5.74) is 1.18. The molecule has 2 N–H and O–H groups in total. The molecule has 0 radical (unpaired) electrons. The Morgan fingerprint density at radius 3 is 2.69 bits per heavy atom. The molecule has 2 rings (SSSR count). The number of aryl methyl sites for hydroxylation is 1. The number of nitrogens with one attached hydrogen (secondary N) is 2. The normalized spacial score (nSPS) is 17.7. The Morgan fingerprint density at radius 1 is 1.34 bits per heavy atom. The fourth-order valence-corrected chi connectivity index (χ4v) is 3.88. The monoisotopic (exact) mass is 424 g/mol. The van der Waals surface area contributed by atoms with Gasteiger partial charge in [-0.3, -0.25) is 0 Å². The van der Waals surface area contributed by atoms with E-state index in [4.69, 9.17) is 9.73 Å². The zero-order chi connectivity index (χ0) is 21.3. The molecule has 164 valence electrons. The quantitative estimate of drug-likeness (QED) is 0.465. The van der Waals surface area contributed by atoms with Crippen molar-refractivity contribution in [3.8, 4) is 5.75 Å². The zero-order valence-corrected chi connectivity index (χ0v) is 19.0. The van der Waals surface area contributed by atoms with E-state index in [0.29, 0.717) is 19.1 Å². The molecule has 1 aliphatic rings. The smallest absolute Gasteiger partial charge is 0.191 e.